The van der Waals surface area contributed by atoms with Gasteiger partial charge >= 0.3 is 209 Å². The number of benzene rings is 7. The summed E-state index contributed by atoms with van der Waals surface area (Å²) in [6.07, 6.45) is 0. The molecule has 3 aromatic heterocycles. The summed E-state index contributed by atoms with van der Waals surface area (Å²) in [4.78, 5) is 12.6. The van der Waals surface area contributed by atoms with E-state index in [1.165, 1.54) is 59.6 Å². The zero-order valence-electron chi connectivity index (χ0n) is 37.1. The quantitative estimate of drug-likeness (QED) is 0.149. The van der Waals surface area contributed by atoms with E-state index in [2.05, 4.69) is 237 Å². The average Bonchev–Trinajstić information content (AvgIpc) is 4.03. The van der Waals surface area contributed by atoms with Crippen LogP contribution in [0.2, 0.25) is 0 Å². The van der Waals surface area contributed by atoms with Crippen LogP contribution in [0.25, 0.3) is 59.7 Å². The van der Waals surface area contributed by atoms with E-state index < -0.39 is 0 Å². The van der Waals surface area contributed by atoms with Gasteiger partial charge in [-0.1, -0.05) is 112 Å². The molecule has 10 aromatic rings. The summed E-state index contributed by atoms with van der Waals surface area (Å²) in [5.41, 5.74) is 13.9. The Bertz CT molecular complexity index is 3310. The maximum absolute atomic E-state index is 7.03. The number of fused-ring (bicyclic) bond motifs is 5. The summed E-state index contributed by atoms with van der Waals surface area (Å²) in [7, 11) is 0. The number of aromatic nitrogens is 2. The van der Waals surface area contributed by atoms with E-state index in [0.29, 0.717) is 6.67 Å². The van der Waals surface area contributed by atoms with Crippen molar-refractivity contribution in [3.8, 4) is 39.6 Å². The zero-order chi connectivity index (χ0) is 43.7. The number of hydrogen-bond donors (Lipinski definition) is 0. The van der Waals surface area contributed by atoms with Crippen LogP contribution >= 0.6 is 0 Å². The van der Waals surface area contributed by atoms with Gasteiger partial charge in [0.15, 0.2) is 0 Å². The molecule has 0 spiro atoms. The molecule has 0 aliphatic carbocycles. The Balaban J connectivity index is 1.03. The molecule has 314 valence electrons. The molecule has 6 heteroatoms. The van der Waals surface area contributed by atoms with Crippen molar-refractivity contribution >= 4 is 68.8 Å². The Morgan fingerprint density at radius 1 is 0.516 bits per heavy atom. The van der Waals surface area contributed by atoms with Crippen LogP contribution < -0.4 is 14.5 Å². The van der Waals surface area contributed by atoms with Gasteiger partial charge in [0.2, 0.25) is 0 Å². The fourth-order valence-electron chi connectivity index (χ4n) is 9.46. The second-order valence-electron chi connectivity index (χ2n) is 18.9. The number of hydrogen-bond acceptors (Lipinski definition) is 4. The molecule has 0 amide bonds. The van der Waals surface area contributed by atoms with Crippen molar-refractivity contribution in [2.75, 3.05) is 16.5 Å². The Kier molecular flexibility index (Phi) is 9.64. The number of ether oxygens (including phenoxy) is 1. The second-order valence-corrected chi connectivity index (χ2v) is 20.8. The second kappa shape index (κ2) is 15.4. The standard InChI is InChI=1S/C58H50N4OSe/c1-57(2,3)40-32-41(60-37-61(52-27-16-15-26-51(52)60)55-44(38-18-9-7-10-19-38)23-17-24-45(55)39-20-11-8-12-21-39)34-43(33-40)63-42-28-29-47-46-22-13-14-25-50(46)62(53(47)35-42)54-36-49(58(4,5)6)48-30-31-64-56(48)59-54/h7-36H,37H2,1-6H3. The SMILES string of the molecule is CC(C)(C)c1cc(Oc2ccc3c4ccccc4n(-c4cc(C(C)(C)C)c5cc[se]c5n4)c3c2)cc(N2CN(c3c(-c4ccccc4)cccc3-c3ccccc3)c3ccccc32)c1. The third-order valence-electron chi connectivity index (χ3n) is 12.6. The van der Waals surface area contributed by atoms with Crippen LogP contribution in [0.4, 0.5) is 22.7 Å². The molecule has 0 bridgehead atoms. The topological polar surface area (TPSA) is 33.5 Å². The molecule has 0 unspecified atom stereocenters. The first-order valence-corrected chi connectivity index (χ1v) is 24.0. The van der Waals surface area contributed by atoms with Gasteiger partial charge in [0.05, 0.1) is 17.1 Å². The van der Waals surface area contributed by atoms with Gasteiger partial charge in [-0.3, -0.25) is 0 Å². The van der Waals surface area contributed by atoms with E-state index in [0.717, 1.165) is 45.4 Å². The summed E-state index contributed by atoms with van der Waals surface area (Å²) >= 11 is 0.205. The van der Waals surface area contributed by atoms with Gasteiger partial charge in [-0.15, -0.1) is 0 Å². The van der Waals surface area contributed by atoms with Gasteiger partial charge in [-0.05, 0) is 23.3 Å². The minimum Gasteiger partial charge on any atom is -0.320 e. The minimum atomic E-state index is -0.135. The molecule has 11 rings (SSSR count). The van der Waals surface area contributed by atoms with Crippen molar-refractivity contribution in [3.05, 3.63) is 192 Å². The molecule has 1 aliphatic heterocycles. The molecule has 4 heterocycles. The van der Waals surface area contributed by atoms with E-state index in [-0.39, 0.29) is 25.3 Å². The predicted molar refractivity (Wildman–Crippen MR) is 270 cm³/mol. The summed E-state index contributed by atoms with van der Waals surface area (Å²) in [6, 6.07) is 63.6. The first-order valence-electron chi connectivity index (χ1n) is 22.1. The minimum absolute atomic E-state index is 0.0301. The monoisotopic (exact) mass is 898 g/mol. The first kappa shape index (κ1) is 40.0. The van der Waals surface area contributed by atoms with Crippen molar-refractivity contribution in [2.45, 2.75) is 52.4 Å². The summed E-state index contributed by atoms with van der Waals surface area (Å²) < 4.78 is 10.6. The van der Waals surface area contributed by atoms with Gasteiger partial charge < -0.3 is 4.90 Å². The fraction of sp³-hybridized carbons (Fsp3) is 0.155. The molecule has 0 N–H and O–H groups in total. The third-order valence-corrected chi connectivity index (χ3v) is 14.3. The van der Waals surface area contributed by atoms with E-state index in [4.69, 9.17) is 9.72 Å². The molecule has 0 saturated heterocycles. The molecule has 7 aromatic carbocycles. The first-order chi connectivity index (χ1) is 31.0. The van der Waals surface area contributed by atoms with Crippen LogP contribution in [0.3, 0.4) is 0 Å². The fourth-order valence-corrected chi connectivity index (χ4v) is 11.1. The number of rotatable bonds is 7. The third kappa shape index (κ3) is 6.99. The maximum atomic E-state index is 7.03. The van der Waals surface area contributed by atoms with Crippen molar-refractivity contribution in [1.82, 2.24) is 9.55 Å². The summed E-state index contributed by atoms with van der Waals surface area (Å²) in [6.45, 7) is 14.4. The number of para-hydroxylation sites is 4. The van der Waals surface area contributed by atoms with E-state index >= 15 is 0 Å². The molecule has 0 atom stereocenters. The Hall–Kier alpha value is -6.85. The van der Waals surface area contributed by atoms with Gasteiger partial charge in [-0.25, -0.2) is 0 Å². The van der Waals surface area contributed by atoms with Crippen molar-refractivity contribution in [1.29, 1.82) is 0 Å². The Morgan fingerprint density at radius 3 is 1.84 bits per heavy atom. The van der Waals surface area contributed by atoms with E-state index in [1.54, 1.807) is 0 Å². The molecule has 0 saturated carbocycles. The number of anilines is 4. The normalized spacial score (nSPS) is 13.0. The molecular formula is C58H50N4OSe. The predicted octanol–water partition coefficient (Wildman–Crippen LogP) is 15.4. The Morgan fingerprint density at radius 2 is 1.16 bits per heavy atom. The van der Waals surface area contributed by atoms with Gasteiger partial charge in [-0.2, -0.15) is 0 Å². The van der Waals surface area contributed by atoms with Crippen molar-refractivity contribution in [3.63, 3.8) is 0 Å². The van der Waals surface area contributed by atoms with Crippen LogP contribution in [0.15, 0.2) is 181 Å². The van der Waals surface area contributed by atoms with Crippen molar-refractivity contribution < 1.29 is 4.74 Å². The Labute approximate surface area is 381 Å². The summed E-state index contributed by atoms with van der Waals surface area (Å²) in [5, 5.41) is 3.66. The molecule has 64 heavy (non-hydrogen) atoms. The number of nitrogens with zero attached hydrogens (tertiary/aromatic N) is 4. The van der Waals surface area contributed by atoms with Crippen LogP contribution in [-0.2, 0) is 10.8 Å². The van der Waals surface area contributed by atoms with Crippen LogP contribution in [0.5, 0.6) is 11.5 Å². The van der Waals surface area contributed by atoms with Gasteiger partial charge in [0.1, 0.15) is 6.67 Å². The van der Waals surface area contributed by atoms with Crippen LogP contribution in [-0.4, -0.2) is 30.7 Å². The summed E-state index contributed by atoms with van der Waals surface area (Å²) in [5.74, 6) is 2.54. The smallest absolute Gasteiger partial charge is 0.320 e. The molecule has 0 fully saturated rings. The molecule has 1 aliphatic rings. The van der Waals surface area contributed by atoms with Crippen LogP contribution in [0.1, 0.15) is 52.7 Å². The van der Waals surface area contributed by atoms with Gasteiger partial charge in [0.25, 0.3) is 0 Å². The van der Waals surface area contributed by atoms with E-state index in [9.17, 15) is 0 Å². The van der Waals surface area contributed by atoms with Gasteiger partial charge in [0, 0.05) is 11.1 Å². The average molecular weight is 898 g/mol. The van der Waals surface area contributed by atoms with Crippen molar-refractivity contribution in [2.24, 2.45) is 0 Å². The van der Waals surface area contributed by atoms with E-state index in [1.807, 2.05) is 0 Å². The van der Waals surface area contributed by atoms with Crippen LogP contribution in [0, 0.1) is 0 Å². The molecular weight excluding hydrogens is 848 g/mol. The molecule has 0 radical (unpaired) electrons. The zero-order valence-corrected chi connectivity index (χ0v) is 38.8. The molecule has 5 nitrogen and oxygen atoms in total. The number of pyridine rings is 1.